The molecule has 2 aliphatic rings. The lowest BCUT2D eigenvalue weighted by molar-refractivity contribution is 0.227. The van der Waals surface area contributed by atoms with Crippen molar-refractivity contribution < 1.29 is 4.74 Å². The average molecular weight is 462 g/mol. The van der Waals surface area contributed by atoms with Crippen LogP contribution in [0.3, 0.4) is 0 Å². The first-order chi connectivity index (χ1) is 16.0. The van der Waals surface area contributed by atoms with Gasteiger partial charge >= 0.3 is 0 Å². The molecule has 3 aromatic heterocycles. The van der Waals surface area contributed by atoms with E-state index in [1.807, 2.05) is 34.5 Å². The summed E-state index contributed by atoms with van der Waals surface area (Å²) in [6.45, 7) is 4.90. The molecule has 168 valence electrons. The molecule has 1 fully saturated rings. The first-order valence-corrected chi connectivity index (χ1v) is 11.5. The van der Waals surface area contributed by atoms with Gasteiger partial charge < -0.3 is 10.5 Å². The average Bonchev–Trinajstić information content (AvgIpc) is 3.41. The summed E-state index contributed by atoms with van der Waals surface area (Å²) >= 11 is 6.39. The minimum Gasteiger partial charge on any atom is -0.482 e. The highest BCUT2D eigenvalue weighted by Gasteiger charge is 2.27. The molecule has 1 atom stereocenters. The standard InChI is InChI=1S/C24H24ClN7O/c1-13-3-6-20-18(7-13)14(2)33-21-8-16(11-27-24(21)26)23-19(9-17-10-22(25)29-32(17)20)28-30-31(23)12-15-4-5-15/h3,6-8,10-11,14-15H,4-5,9,12H2,1-2H3,(H2,26,27)/t14-/m1/s1. The molecule has 1 aliphatic heterocycles. The Morgan fingerprint density at radius 1 is 1.21 bits per heavy atom. The molecule has 1 saturated carbocycles. The van der Waals surface area contributed by atoms with Gasteiger partial charge in [-0.3, -0.25) is 0 Å². The van der Waals surface area contributed by atoms with Gasteiger partial charge in [-0.25, -0.2) is 14.3 Å². The van der Waals surface area contributed by atoms with Gasteiger partial charge in [0.1, 0.15) is 6.10 Å². The van der Waals surface area contributed by atoms with Crippen molar-refractivity contribution in [2.45, 2.75) is 45.8 Å². The summed E-state index contributed by atoms with van der Waals surface area (Å²) in [4.78, 5) is 4.44. The van der Waals surface area contributed by atoms with Crippen LogP contribution in [0, 0.1) is 12.8 Å². The molecule has 2 bridgehead atoms. The number of ether oxygens (including phenoxy) is 1. The van der Waals surface area contributed by atoms with Crippen molar-refractivity contribution in [1.29, 1.82) is 0 Å². The van der Waals surface area contributed by atoms with Crippen molar-refractivity contribution >= 4 is 17.4 Å². The highest BCUT2D eigenvalue weighted by atomic mass is 35.5. The molecule has 1 aromatic carbocycles. The number of nitrogen functional groups attached to an aromatic ring is 1. The van der Waals surface area contributed by atoms with Crippen molar-refractivity contribution in [1.82, 2.24) is 29.8 Å². The second-order valence-electron chi connectivity index (χ2n) is 8.99. The van der Waals surface area contributed by atoms with E-state index in [0.29, 0.717) is 29.1 Å². The smallest absolute Gasteiger partial charge is 0.166 e. The van der Waals surface area contributed by atoms with E-state index in [1.165, 1.54) is 12.8 Å². The van der Waals surface area contributed by atoms with Crippen LogP contribution in [-0.2, 0) is 13.0 Å². The highest BCUT2D eigenvalue weighted by Crippen LogP contribution is 2.37. The zero-order valence-corrected chi connectivity index (χ0v) is 19.3. The van der Waals surface area contributed by atoms with E-state index in [9.17, 15) is 0 Å². The molecule has 6 rings (SSSR count). The van der Waals surface area contributed by atoms with E-state index in [0.717, 1.165) is 46.0 Å². The second-order valence-corrected chi connectivity index (χ2v) is 9.37. The van der Waals surface area contributed by atoms with Crippen LogP contribution in [0.5, 0.6) is 5.75 Å². The van der Waals surface area contributed by atoms with Gasteiger partial charge in [0.25, 0.3) is 0 Å². The van der Waals surface area contributed by atoms with Crippen LogP contribution in [0.25, 0.3) is 16.9 Å². The molecule has 4 aromatic rings. The molecular weight excluding hydrogens is 438 g/mol. The van der Waals surface area contributed by atoms with Gasteiger partial charge in [0.15, 0.2) is 16.7 Å². The normalized spacial score (nSPS) is 17.2. The molecule has 0 radical (unpaired) electrons. The second kappa shape index (κ2) is 7.59. The Kier molecular flexibility index (Phi) is 4.65. The number of pyridine rings is 1. The van der Waals surface area contributed by atoms with Gasteiger partial charge in [-0.15, -0.1) is 5.10 Å². The molecule has 8 nitrogen and oxygen atoms in total. The third kappa shape index (κ3) is 3.64. The summed E-state index contributed by atoms with van der Waals surface area (Å²) in [5, 5.41) is 14.1. The van der Waals surface area contributed by atoms with E-state index < -0.39 is 0 Å². The van der Waals surface area contributed by atoms with Gasteiger partial charge in [0.05, 0.1) is 22.8 Å². The number of rotatable bonds is 2. The Morgan fingerprint density at radius 2 is 2.06 bits per heavy atom. The SMILES string of the molecule is Cc1ccc2c(c1)[C@@H](C)Oc1cc(cnc1N)-c1c(nnn1CC1CC1)Cc1cc(Cl)nn1-2. The summed E-state index contributed by atoms with van der Waals surface area (Å²) in [6, 6.07) is 10.1. The number of benzene rings is 1. The molecule has 0 unspecified atom stereocenters. The number of halogens is 1. The third-order valence-electron chi connectivity index (χ3n) is 6.34. The Morgan fingerprint density at radius 3 is 2.88 bits per heavy atom. The van der Waals surface area contributed by atoms with Crippen molar-refractivity contribution in [3.8, 4) is 22.7 Å². The number of hydrogen-bond donors (Lipinski definition) is 1. The summed E-state index contributed by atoms with van der Waals surface area (Å²) < 4.78 is 10.2. The van der Waals surface area contributed by atoms with E-state index in [1.54, 1.807) is 6.20 Å². The third-order valence-corrected chi connectivity index (χ3v) is 6.53. The largest absolute Gasteiger partial charge is 0.482 e. The van der Waals surface area contributed by atoms with Gasteiger partial charge in [0.2, 0.25) is 0 Å². The Balaban J connectivity index is 1.60. The van der Waals surface area contributed by atoms with Crippen LogP contribution in [0.2, 0.25) is 5.15 Å². The predicted octanol–water partition coefficient (Wildman–Crippen LogP) is 4.52. The molecule has 1 aliphatic carbocycles. The van der Waals surface area contributed by atoms with Crippen molar-refractivity contribution in [2.75, 3.05) is 5.73 Å². The molecule has 0 saturated heterocycles. The monoisotopic (exact) mass is 461 g/mol. The zero-order chi connectivity index (χ0) is 22.7. The number of anilines is 1. The van der Waals surface area contributed by atoms with Crippen molar-refractivity contribution in [3.63, 3.8) is 0 Å². The molecule has 4 heterocycles. The van der Waals surface area contributed by atoms with Crippen LogP contribution in [0.1, 0.15) is 48.4 Å². The molecule has 2 N–H and O–H groups in total. The minimum absolute atomic E-state index is 0.288. The van der Waals surface area contributed by atoms with Crippen LogP contribution in [0.15, 0.2) is 36.5 Å². The Bertz CT molecular complexity index is 1370. The van der Waals surface area contributed by atoms with Gasteiger partial charge in [0, 0.05) is 30.3 Å². The Hall–Kier alpha value is -3.39. The van der Waals surface area contributed by atoms with E-state index in [2.05, 4.69) is 39.5 Å². The van der Waals surface area contributed by atoms with Crippen molar-refractivity contribution in [2.24, 2.45) is 5.92 Å². The first kappa shape index (κ1) is 20.2. The maximum atomic E-state index is 6.39. The van der Waals surface area contributed by atoms with Gasteiger partial charge in [-0.05, 0) is 50.8 Å². The summed E-state index contributed by atoms with van der Waals surface area (Å²) in [5.41, 5.74) is 12.8. The zero-order valence-electron chi connectivity index (χ0n) is 18.5. The first-order valence-electron chi connectivity index (χ1n) is 11.2. The Labute approximate surface area is 196 Å². The summed E-state index contributed by atoms with van der Waals surface area (Å²) in [7, 11) is 0. The lowest BCUT2D eigenvalue weighted by Gasteiger charge is -2.22. The molecule has 0 amide bonds. The maximum Gasteiger partial charge on any atom is 0.166 e. The molecule has 0 spiro atoms. The van der Waals surface area contributed by atoms with E-state index in [-0.39, 0.29) is 6.10 Å². The number of aromatic nitrogens is 6. The summed E-state index contributed by atoms with van der Waals surface area (Å²) in [6.07, 6.45) is 4.45. The predicted molar refractivity (Wildman–Crippen MR) is 126 cm³/mol. The van der Waals surface area contributed by atoms with Crippen LogP contribution < -0.4 is 10.5 Å². The quantitative estimate of drug-likeness (QED) is 0.471. The van der Waals surface area contributed by atoms with Gasteiger partial charge in [-0.2, -0.15) is 5.10 Å². The highest BCUT2D eigenvalue weighted by molar-refractivity contribution is 6.29. The number of fused-ring (bicyclic) bond motifs is 7. The van der Waals surface area contributed by atoms with Crippen LogP contribution in [-0.4, -0.2) is 29.8 Å². The molecule has 33 heavy (non-hydrogen) atoms. The van der Waals surface area contributed by atoms with E-state index >= 15 is 0 Å². The fourth-order valence-corrected chi connectivity index (χ4v) is 4.68. The number of hydrogen-bond acceptors (Lipinski definition) is 6. The summed E-state index contributed by atoms with van der Waals surface area (Å²) in [5.74, 6) is 1.53. The van der Waals surface area contributed by atoms with Crippen LogP contribution in [0.4, 0.5) is 5.82 Å². The minimum atomic E-state index is -0.288. The fraction of sp³-hybridized carbons (Fsp3) is 0.333. The van der Waals surface area contributed by atoms with Gasteiger partial charge in [-0.1, -0.05) is 34.5 Å². The van der Waals surface area contributed by atoms with Crippen molar-refractivity contribution in [3.05, 3.63) is 64.2 Å². The van der Waals surface area contributed by atoms with E-state index in [4.69, 9.17) is 22.1 Å². The fourth-order valence-electron chi connectivity index (χ4n) is 4.48. The lowest BCUT2D eigenvalue weighted by Crippen LogP contribution is -2.14. The molecular formula is C24H24ClN7O. The maximum absolute atomic E-state index is 6.39. The molecule has 9 heteroatoms. The number of nitrogens with zero attached hydrogens (tertiary/aromatic N) is 6. The topological polar surface area (TPSA) is 96.7 Å². The number of aryl methyl sites for hydroxylation is 1. The number of nitrogens with two attached hydrogens (primary N) is 1. The van der Waals surface area contributed by atoms with Crippen LogP contribution >= 0.6 is 11.6 Å². The lowest BCUT2D eigenvalue weighted by atomic mass is 10.0.